The quantitative estimate of drug-likeness (QED) is 0.407. The smallest absolute Gasteiger partial charge is 0.0922 e. The summed E-state index contributed by atoms with van der Waals surface area (Å²) in [7, 11) is -0.804. The minimum atomic E-state index is -0.804. The van der Waals surface area contributed by atoms with E-state index in [1.165, 1.54) is 45.9 Å². The van der Waals surface area contributed by atoms with Crippen molar-refractivity contribution in [2.75, 3.05) is 0 Å². The largest absolute Gasteiger partial charge is 0.345 e. The molecule has 0 amide bonds. The van der Waals surface area contributed by atoms with Crippen LogP contribution in [-0.2, 0) is 4.52 Å². The lowest BCUT2D eigenvalue weighted by Crippen LogP contribution is -2.31. The normalized spacial score (nSPS) is 19.4. The Kier molecular flexibility index (Phi) is 7.08. The van der Waals surface area contributed by atoms with E-state index in [2.05, 4.69) is 92.7 Å². The van der Waals surface area contributed by atoms with E-state index in [1.54, 1.807) is 0 Å². The monoisotopic (exact) mass is 420 g/mol. The fourth-order valence-corrected chi connectivity index (χ4v) is 7.46. The standard InChI is InChI=1S/C26H29OPS/c1-20-12-11-13-21(2)26(20)29-25-19-10-9-18-24(25)27-28(22-14-5-3-6-15-22)23-16-7-4-8-17-23/h3-8,11-17,24-25H,9-10,18-19H2,1-2H3/t24-,25-/m1/s1. The van der Waals surface area contributed by atoms with Gasteiger partial charge in [0.1, 0.15) is 0 Å². The summed E-state index contributed by atoms with van der Waals surface area (Å²) in [6, 6.07) is 28.2. The summed E-state index contributed by atoms with van der Waals surface area (Å²) in [5.74, 6) is 0. The van der Waals surface area contributed by atoms with Gasteiger partial charge in [-0.1, -0.05) is 91.7 Å². The van der Waals surface area contributed by atoms with Crippen molar-refractivity contribution < 1.29 is 4.52 Å². The van der Waals surface area contributed by atoms with Crippen LogP contribution in [0.5, 0.6) is 0 Å². The van der Waals surface area contributed by atoms with Crippen LogP contribution < -0.4 is 10.6 Å². The zero-order valence-electron chi connectivity index (χ0n) is 17.3. The van der Waals surface area contributed by atoms with E-state index in [4.69, 9.17) is 4.52 Å². The molecule has 1 aliphatic carbocycles. The highest BCUT2D eigenvalue weighted by molar-refractivity contribution is 8.00. The minimum absolute atomic E-state index is 0.291. The van der Waals surface area contributed by atoms with Crippen LogP contribution in [0.15, 0.2) is 83.8 Å². The van der Waals surface area contributed by atoms with Gasteiger partial charge in [-0.3, -0.25) is 0 Å². The number of thioether (sulfide) groups is 1. The second-order valence-corrected chi connectivity index (χ2v) is 10.9. The van der Waals surface area contributed by atoms with Gasteiger partial charge in [0, 0.05) is 20.8 Å². The van der Waals surface area contributed by atoms with Crippen molar-refractivity contribution in [2.45, 2.75) is 55.8 Å². The van der Waals surface area contributed by atoms with Crippen LogP contribution in [-0.4, -0.2) is 11.4 Å². The first kappa shape index (κ1) is 20.7. The molecule has 3 heteroatoms. The molecule has 0 heterocycles. The molecular weight excluding hydrogens is 391 g/mol. The molecule has 1 saturated carbocycles. The molecule has 4 rings (SSSR count). The van der Waals surface area contributed by atoms with Crippen LogP contribution in [0.2, 0.25) is 0 Å². The highest BCUT2D eigenvalue weighted by Gasteiger charge is 2.31. The van der Waals surface area contributed by atoms with Crippen molar-refractivity contribution in [1.82, 2.24) is 0 Å². The predicted molar refractivity (Wildman–Crippen MR) is 128 cm³/mol. The lowest BCUT2D eigenvalue weighted by Gasteiger charge is -2.34. The molecule has 0 bridgehead atoms. The van der Waals surface area contributed by atoms with Gasteiger partial charge in [0.2, 0.25) is 0 Å². The molecule has 1 fully saturated rings. The molecule has 0 saturated heterocycles. The Labute approximate surface area is 180 Å². The molecule has 0 radical (unpaired) electrons. The molecule has 0 unspecified atom stereocenters. The lowest BCUT2D eigenvalue weighted by atomic mass is 9.97. The van der Waals surface area contributed by atoms with E-state index in [9.17, 15) is 0 Å². The summed E-state index contributed by atoms with van der Waals surface area (Å²) < 4.78 is 6.97. The fraction of sp³-hybridized carbons (Fsp3) is 0.308. The molecular formula is C26H29OPS. The van der Waals surface area contributed by atoms with Gasteiger partial charge in [-0.05, 0) is 37.8 Å². The molecule has 3 aromatic carbocycles. The van der Waals surface area contributed by atoms with Gasteiger partial charge < -0.3 is 4.52 Å². The first-order chi connectivity index (χ1) is 14.2. The van der Waals surface area contributed by atoms with Crippen molar-refractivity contribution in [3.8, 4) is 0 Å². The van der Waals surface area contributed by atoms with Gasteiger partial charge in [0.15, 0.2) is 0 Å². The van der Waals surface area contributed by atoms with Crippen LogP contribution in [0.1, 0.15) is 36.8 Å². The van der Waals surface area contributed by atoms with E-state index in [-0.39, 0.29) is 0 Å². The maximum atomic E-state index is 6.97. The molecule has 150 valence electrons. The number of hydrogen-bond acceptors (Lipinski definition) is 2. The minimum Gasteiger partial charge on any atom is -0.345 e. The Bertz CT molecular complexity index is 853. The summed E-state index contributed by atoms with van der Waals surface area (Å²) in [4.78, 5) is 1.44. The average molecular weight is 421 g/mol. The number of hydrogen-bond donors (Lipinski definition) is 0. The molecule has 1 nitrogen and oxygen atoms in total. The molecule has 0 aliphatic heterocycles. The first-order valence-electron chi connectivity index (χ1n) is 10.5. The van der Waals surface area contributed by atoms with Gasteiger partial charge in [-0.2, -0.15) is 0 Å². The van der Waals surface area contributed by atoms with E-state index < -0.39 is 8.15 Å². The molecule has 0 spiro atoms. The maximum Gasteiger partial charge on any atom is 0.0922 e. The molecule has 1 aliphatic rings. The topological polar surface area (TPSA) is 9.23 Å². The molecule has 29 heavy (non-hydrogen) atoms. The maximum absolute atomic E-state index is 6.97. The zero-order chi connectivity index (χ0) is 20.1. The number of rotatable bonds is 6. The van der Waals surface area contributed by atoms with Gasteiger partial charge in [-0.15, -0.1) is 11.8 Å². The van der Waals surface area contributed by atoms with E-state index in [0.717, 1.165) is 6.42 Å². The molecule has 0 N–H and O–H groups in total. The van der Waals surface area contributed by atoms with Crippen LogP contribution in [0.25, 0.3) is 0 Å². The van der Waals surface area contributed by atoms with Gasteiger partial charge in [0.25, 0.3) is 0 Å². The van der Waals surface area contributed by atoms with E-state index >= 15 is 0 Å². The third kappa shape index (κ3) is 5.12. The number of aryl methyl sites for hydroxylation is 2. The summed E-state index contributed by atoms with van der Waals surface area (Å²) in [6.45, 7) is 4.46. The molecule has 3 aromatic rings. The Morgan fingerprint density at radius 2 is 1.28 bits per heavy atom. The van der Waals surface area contributed by atoms with Crippen molar-refractivity contribution >= 4 is 30.5 Å². The van der Waals surface area contributed by atoms with Crippen molar-refractivity contribution in [1.29, 1.82) is 0 Å². The second-order valence-electron chi connectivity index (χ2n) is 7.77. The summed E-state index contributed by atoms with van der Waals surface area (Å²) in [6.07, 6.45) is 5.24. The highest BCUT2D eigenvalue weighted by Crippen LogP contribution is 2.44. The van der Waals surface area contributed by atoms with Crippen molar-refractivity contribution in [2.24, 2.45) is 0 Å². The average Bonchev–Trinajstić information content (AvgIpc) is 2.77. The van der Waals surface area contributed by atoms with Crippen LogP contribution >= 0.6 is 19.9 Å². The van der Waals surface area contributed by atoms with Crippen LogP contribution in [0.4, 0.5) is 0 Å². The number of benzene rings is 3. The van der Waals surface area contributed by atoms with E-state index in [1.807, 2.05) is 11.8 Å². The SMILES string of the molecule is Cc1cccc(C)c1S[C@@H]1CCCC[C@H]1OP(c1ccccc1)c1ccccc1. The second kappa shape index (κ2) is 9.94. The van der Waals surface area contributed by atoms with Crippen LogP contribution in [0.3, 0.4) is 0 Å². The van der Waals surface area contributed by atoms with Gasteiger partial charge >= 0.3 is 0 Å². The van der Waals surface area contributed by atoms with E-state index in [0.29, 0.717) is 11.4 Å². The van der Waals surface area contributed by atoms with Crippen LogP contribution in [0, 0.1) is 13.8 Å². The Morgan fingerprint density at radius 1 is 0.724 bits per heavy atom. The Balaban J connectivity index is 1.60. The summed E-state index contributed by atoms with van der Waals surface area (Å²) in [5.41, 5.74) is 2.76. The Hall–Kier alpha value is -1.60. The van der Waals surface area contributed by atoms with Crippen molar-refractivity contribution in [3.63, 3.8) is 0 Å². The third-order valence-corrected chi connectivity index (χ3v) is 9.28. The molecule has 0 aromatic heterocycles. The Morgan fingerprint density at radius 3 is 1.86 bits per heavy atom. The third-order valence-electron chi connectivity index (χ3n) is 5.54. The first-order valence-corrected chi connectivity index (χ1v) is 12.7. The molecule has 2 atom stereocenters. The van der Waals surface area contributed by atoms with Crippen molar-refractivity contribution in [3.05, 3.63) is 90.0 Å². The zero-order valence-corrected chi connectivity index (χ0v) is 19.0. The highest BCUT2D eigenvalue weighted by atomic mass is 32.2. The fourth-order valence-electron chi connectivity index (χ4n) is 3.99. The van der Waals surface area contributed by atoms with Gasteiger partial charge in [-0.25, -0.2) is 0 Å². The van der Waals surface area contributed by atoms with Gasteiger partial charge in [0.05, 0.1) is 14.3 Å². The summed E-state index contributed by atoms with van der Waals surface area (Å²) >= 11 is 2.04. The predicted octanol–water partition coefficient (Wildman–Crippen LogP) is 6.77. The lowest BCUT2D eigenvalue weighted by molar-refractivity contribution is 0.184. The summed E-state index contributed by atoms with van der Waals surface area (Å²) in [5, 5.41) is 3.12.